The fourth-order valence-corrected chi connectivity index (χ4v) is 4.24. The molecular weight excluding hydrogens is 352 g/mol. The first-order valence-corrected chi connectivity index (χ1v) is 10.8. The first kappa shape index (κ1) is 20.6. The highest BCUT2D eigenvalue weighted by molar-refractivity contribution is 5.94. The Kier molecular flexibility index (Phi) is 7.71. The predicted octanol–water partition coefficient (Wildman–Crippen LogP) is 2.81. The fourth-order valence-electron chi connectivity index (χ4n) is 4.24. The number of hydrogen-bond donors (Lipinski definition) is 2. The van der Waals surface area contributed by atoms with Gasteiger partial charge in [-0.2, -0.15) is 0 Å². The highest BCUT2D eigenvalue weighted by Gasteiger charge is 2.25. The lowest BCUT2D eigenvalue weighted by Crippen LogP contribution is -2.44. The molecule has 6 nitrogen and oxygen atoms in total. The van der Waals surface area contributed by atoms with E-state index in [1.54, 1.807) is 0 Å². The van der Waals surface area contributed by atoms with E-state index in [4.69, 9.17) is 0 Å². The van der Waals surface area contributed by atoms with Crippen molar-refractivity contribution in [2.24, 2.45) is 0 Å². The Morgan fingerprint density at radius 1 is 1.11 bits per heavy atom. The van der Waals surface area contributed by atoms with Crippen LogP contribution in [-0.4, -0.2) is 67.6 Å². The Morgan fingerprint density at radius 2 is 1.93 bits per heavy atom. The third-order valence-electron chi connectivity index (χ3n) is 5.79. The summed E-state index contributed by atoms with van der Waals surface area (Å²) in [7, 11) is 0. The van der Waals surface area contributed by atoms with E-state index in [-0.39, 0.29) is 11.9 Å². The molecule has 2 heterocycles. The molecular formula is C22H34N4O2. The normalized spacial score (nSPS) is 20.2. The maximum Gasteiger partial charge on any atom is 0.317 e. The van der Waals surface area contributed by atoms with E-state index in [9.17, 15) is 9.59 Å². The largest absolute Gasteiger partial charge is 0.352 e. The molecule has 3 rings (SSSR count). The van der Waals surface area contributed by atoms with Crippen molar-refractivity contribution in [3.05, 3.63) is 35.4 Å². The van der Waals surface area contributed by atoms with Gasteiger partial charge in [0.1, 0.15) is 0 Å². The van der Waals surface area contributed by atoms with Gasteiger partial charge >= 0.3 is 6.03 Å². The lowest BCUT2D eigenvalue weighted by atomic mass is 9.89. The standard InChI is InChI=1S/C22H34N4O2/c1-2-23-22(28)26-15-6-10-20(17-26)18-8-5-9-19(16-18)21(27)24-11-7-14-25-12-3-4-13-25/h5,8-9,16,20H,2-4,6-7,10-15,17H2,1H3,(H,23,28)(H,24,27)/t20-/m0/s1. The van der Waals surface area contributed by atoms with Crippen LogP contribution in [0.1, 0.15) is 60.9 Å². The number of likely N-dealkylation sites (tertiary alicyclic amines) is 2. The number of carbonyl (C=O) groups is 2. The minimum atomic E-state index is -0.000312. The van der Waals surface area contributed by atoms with Crippen molar-refractivity contribution < 1.29 is 9.59 Å². The average molecular weight is 387 g/mol. The zero-order chi connectivity index (χ0) is 19.8. The third kappa shape index (κ3) is 5.71. The number of urea groups is 1. The van der Waals surface area contributed by atoms with E-state index < -0.39 is 0 Å². The molecule has 0 spiro atoms. The van der Waals surface area contributed by atoms with Crippen LogP contribution >= 0.6 is 0 Å². The van der Waals surface area contributed by atoms with Gasteiger partial charge in [-0.25, -0.2) is 4.79 Å². The fraction of sp³-hybridized carbons (Fsp3) is 0.636. The molecule has 0 unspecified atom stereocenters. The Morgan fingerprint density at radius 3 is 2.71 bits per heavy atom. The Labute approximate surface area is 168 Å². The molecule has 2 aliphatic heterocycles. The van der Waals surface area contributed by atoms with Crippen molar-refractivity contribution in [3.63, 3.8) is 0 Å². The van der Waals surface area contributed by atoms with Crippen molar-refractivity contribution >= 4 is 11.9 Å². The SMILES string of the molecule is CCNC(=O)N1CCC[C@H](c2cccc(C(=O)NCCCN3CCCC3)c2)C1. The van der Waals surface area contributed by atoms with Crippen LogP contribution in [0.3, 0.4) is 0 Å². The second-order valence-electron chi connectivity index (χ2n) is 7.90. The summed E-state index contributed by atoms with van der Waals surface area (Å²) in [5.41, 5.74) is 1.87. The molecule has 2 aliphatic rings. The number of piperidine rings is 1. The van der Waals surface area contributed by atoms with E-state index in [2.05, 4.69) is 21.6 Å². The number of amides is 3. The van der Waals surface area contributed by atoms with Gasteiger partial charge < -0.3 is 20.4 Å². The van der Waals surface area contributed by atoms with Crippen LogP contribution in [0.25, 0.3) is 0 Å². The molecule has 1 aromatic rings. The third-order valence-corrected chi connectivity index (χ3v) is 5.79. The maximum atomic E-state index is 12.5. The first-order valence-electron chi connectivity index (χ1n) is 10.8. The zero-order valence-electron chi connectivity index (χ0n) is 17.1. The van der Waals surface area contributed by atoms with Gasteiger partial charge in [0.05, 0.1) is 0 Å². The van der Waals surface area contributed by atoms with E-state index in [0.717, 1.165) is 37.9 Å². The lowest BCUT2D eigenvalue weighted by Gasteiger charge is -2.33. The predicted molar refractivity (Wildman–Crippen MR) is 112 cm³/mol. The summed E-state index contributed by atoms with van der Waals surface area (Å²) in [4.78, 5) is 29.0. The van der Waals surface area contributed by atoms with Crippen LogP contribution in [-0.2, 0) is 0 Å². The summed E-state index contributed by atoms with van der Waals surface area (Å²) < 4.78 is 0. The monoisotopic (exact) mass is 386 g/mol. The molecule has 0 aromatic heterocycles. The van der Waals surface area contributed by atoms with Gasteiger partial charge in [-0.1, -0.05) is 12.1 Å². The minimum absolute atomic E-state index is 0.000312. The van der Waals surface area contributed by atoms with E-state index in [0.29, 0.717) is 31.1 Å². The van der Waals surface area contributed by atoms with E-state index >= 15 is 0 Å². The van der Waals surface area contributed by atoms with Crippen LogP contribution in [0.2, 0.25) is 0 Å². The second kappa shape index (κ2) is 10.5. The van der Waals surface area contributed by atoms with Crippen LogP contribution in [0, 0.1) is 0 Å². The number of hydrogen-bond acceptors (Lipinski definition) is 3. The molecule has 2 N–H and O–H groups in total. The summed E-state index contributed by atoms with van der Waals surface area (Å²) in [6.45, 7) is 8.29. The molecule has 0 aliphatic carbocycles. The number of nitrogens with one attached hydrogen (secondary N) is 2. The van der Waals surface area contributed by atoms with Crippen molar-refractivity contribution in [1.82, 2.24) is 20.4 Å². The molecule has 1 aromatic carbocycles. The molecule has 0 saturated carbocycles. The molecule has 1 atom stereocenters. The summed E-state index contributed by atoms with van der Waals surface area (Å²) >= 11 is 0. The van der Waals surface area contributed by atoms with Crippen LogP contribution in [0.15, 0.2) is 24.3 Å². The Bertz CT molecular complexity index is 658. The van der Waals surface area contributed by atoms with Gasteiger partial charge in [0, 0.05) is 37.7 Å². The molecule has 2 saturated heterocycles. The summed E-state index contributed by atoms with van der Waals surface area (Å²) in [6.07, 6.45) is 5.65. The van der Waals surface area contributed by atoms with Crippen LogP contribution in [0.4, 0.5) is 4.79 Å². The van der Waals surface area contributed by atoms with Gasteiger partial charge in [0.2, 0.25) is 0 Å². The molecule has 154 valence electrons. The highest BCUT2D eigenvalue weighted by Crippen LogP contribution is 2.27. The topological polar surface area (TPSA) is 64.7 Å². The maximum absolute atomic E-state index is 12.5. The molecule has 6 heteroatoms. The Hall–Kier alpha value is -2.08. The molecule has 28 heavy (non-hydrogen) atoms. The van der Waals surface area contributed by atoms with Gasteiger partial charge in [0.15, 0.2) is 0 Å². The van der Waals surface area contributed by atoms with Gasteiger partial charge in [-0.05, 0) is 76.4 Å². The molecule has 0 bridgehead atoms. The van der Waals surface area contributed by atoms with Crippen molar-refractivity contribution in [3.8, 4) is 0 Å². The first-order chi connectivity index (χ1) is 13.7. The van der Waals surface area contributed by atoms with Crippen molar-refractivity contribution in [2.45, 2.75) is 44.9 Å². The smallest absolute Gasteiger partial charge is 0.317 e. The van der Waals surface area contributed by atoms with E-state index in [1.165, 1.54) is 25.9 Å². The quantitative estimate of drug-likeness (QED) is 0.708. The molecule has 0 radical (unpaired) electrons. The number of nitrogens with zero attached hydrogens (tertiary/aromatic N) is 2. The molecule has 2 fully saturated rings. The minimum Gasteiger partial charge on any atom is -0.352 e. The van der Waals surface area contributed by atoms with Crippen LogP contribution < -0.4 is 10.6 Å². The van der Waals surface area contributed by atoms with Crippen molar-refractivity contribution in [2.75, 3.05) is 45.8 Å². The molecule has 3 amide bonds. The Balaban J connectivity index is 1.51. The zero-order valence-corrected chi connectivity index (χ0v) is 17.1. The number of carbonyl (C=O) groups excluding carboxylic acids is 2. The van der Waals surface area contributed by atoms with Gasteiger partial charge in [-0.3, -0.25) is 4.79 Å². The summed E-state index contributed by atoms with van der Waals surface area (Å²) in [5, 5.41) is 5.94. The number of benzene rings is 1. The second-order valence-corrected chi connectivity index (χ2v) is 7.90. The van der Waals surface area contributed by atoms with Crippen molar-refractivity contribution in [1.29, 1.82) is 0 Å². The van der Waals surface area contributed by atoms with Gasteiger partial charge in [0.25, 0.3) is 5.91 Å². The van der Waals surface area contributed by atoms with Crippen LogP contribution in [0.5, 0.6) is 0 Å². The highest BCUT2D eigenvalue weighted by atomic mass is 16.2. The lowest BCUT2D eigenvalue weighted by molar-refractivity contribution is 0.0951. The summed E-state index contributed by atoms with van der Waals surface area (Å²) in [6, 6.07) is 7.93. The average Bonchev–Trinajstić information content (AvgIpc) is 3.25. The summed E-state index contributed by atoms with van der Waals surface area (Å²) in [5.74, 6) is 0.291. The van der Waals surface area contributed by atoms with E-state index in [1.807, 2.05) is 30.0 Å². The van der Waals surface area contributed by atoms with Gasteiger partial charge in [-0.15, -0.1) is 0 Å². The number of rotatable bonds is 7.